The van der Waals surface area contributed by atoms with E-state index in [1.807, 2.05) is 19.9 Å². The highest BCUT2D eigenvalue weighted by molar-refractivity contribution is 6.21. The van der Waals surface area contributed by atoms with Crippen LogP contribution in [0.25, 0.3) is 0 Å². The highest BCUT2D eigenvalue weighted by Gasteiger charge is 2.54. The Labute approximate surface area is 618 Å². The van der Waals surface area contributed by atoms with Crippen LogP contribution in [0.5, 0.6) is 0 Å². The molecule has 6 fully saturated rings. The number of ether oxygens (including phenoxy) is 1. The topological polar surface area (TPSA) is 279 Å². The Morgan fingerprint density at radius 3 is 1.93 bits per heavy atom. The molecule has 3 aliphatic heterocycles. The van der Waals surface area contributed by atoms with Gasteiger partial charge in [0.15, 0.2) is 0 Å². The van der Waals surface area contributed by atoms with E-state index in [1.54, 1.807) is 26.8 Å². The first-order valence-corrected chi connectivity index (χ1v) is 38.9. The molecule has 2 saturated heterocycles. The van der Waals surface area contributed by atoms with E-state index in [0.717, 1.165) is 38.5 Å². The lowest BCUT2D eigenvalue weighted by atomic mass is 9.74. The van der Waals surface area contributed by atoms with Gasteiger partial charge in [0.25, 0.3) is 0 Å². The maximum Gasteiger partial charge on any atom is 0.393 e. The van der Waals surface area contributed by atoms with Gasteiger partial charge in [-0.25, -0.2) is 0 Å². The van der Waals surface area contributed by atoms with Crippen LogP contribution in [-0.4, -0.2) is 275 Å². The number of alkyl halides is 4. The van der Waals surface area contributed by atoms with E-state index in [2.05, 4.69) is 22.9 Å². The fraction of sp³-hybridized carbons (Fsp3) is 0.813. The molecule has 7 aliphatic rings. The number of carbonyl (C=O) groups excluding carboxylic acids is 12. The summed E-state index contributed by atoms with van der Waals surface area (Å²) >= 11 is 6.45. The average Bonchev–Trinajstić information content (AvgIpc) is 1.07. The lowest BCUT2D eigenvalue weighted by Crippen LogP contribution is -2.68. The zero-order valence-corrected chi connectivity index (χ0v) is 64.7. The highest BCUT2D eigenvalue weighted by Crippen LogP contribution is 2.44. The number of nitrogens with one attached hydrogen (secondary N) is 3. The van der Waals surface area contributed by atoms with Crippen molar-refractivity contribution in [3.05, 3.63) is 12.2 Å². The molecule has 25 nitrogen and oxygen atoms in total. The fourth-order valence-corrected chi connectivity index (χ4v) is 17.3. The monoisotopic (exact) mass is 1490 g/mol. The van der Waals surface area contributed by atoms with Gasteiger partial charge in [0.2, 0.25) is 70.9 Å². The molecule has 3 N–H and O–H groups in total. The van der Waals surface area contributed by atoms with E-state index in [1.165, 1.54) is 93.4 Å². The summed E-state index contributed by atoms with van der Waals surface area (Å²) < 4.78 is 48.5. The van der Waals surface area contributed by atoms with Crippen molar-refractivity contribution in [1.82, 2.24) is 60.0 Å². The van der Waals surface area contributed by atoms with Crippen molar-refractivity contribution < 1.29 is 75.4 Å². The summed E-state index contributed by atoms with van der Waals surface area (Å²) in [5, 5.41) is 7.56. The van der Waals surface area contributed by atoms with Crippen LogP contribution in [0.2, 0.25) is 0 Å². The van der Waals surface area contributed by atoms with Gasteiger partial charge >= 0.3 is 6.18 Å². The van der Waals surface area contributed by atoms with Gasteiger partial charge in [0, 0.05) is 87.4 Å². The van der Waals surface area contributed by atoms with Gasteiger partial charge in [0.05, 0.1) is 31.5 Å². The van der Waals surface area contributed by atoms with E-state index in [4.69, 9.17) is 16.3 Å². The van der Waals surface area contributed by atoms with Gasteiger partial charge in [0.1, 0.15) is 53.9 Å². The number of amides is 12. The Kier molecular flexibility index (Phi) is 30.8. The molecule has 1 spiro atoms. The molecule has 29 heteroatoms. The molecule has 0 aromatic rings. The van der Waals surface area contributed by atoms with Gasteiger partial charge in [-0.2, -0.15) is 13.2 Å². The van der Waals surface area contributed by atoms with Crippen molar-refractivity contribution in [3.63, 3.8) is 0 Å². The van der Waals surface area contributed by atoms with Crippen molar-refractivity contribution in [2.45, 2.75) is 267 Å². The number of fused-ring (bicyclic) bond motifs is 3. The van der Waals surface area contributed by atoms with Crippen LogP contribution in [-0.2, 0) is 62.3 Å². The number of likely N-dealkylation sites (N-methyl/N-ethyl adjacent to an activating group) is 7. The van der Waals surface area contributed by atoms with Crippen molar-refractivity contribution in [2.75, 3.05) is 88.7 Å². The summed E-state index contributed by atoms with van der Waals surface area (Å²) in [6.45, 7) is 10.3. The third kappa shape index (κ3) is 20.6. The molecule has 13 atom stereocenters. The van der Waals surface area contributed by atoms with Crippen molar-refractivity contribution in [1.29, 1.82) is 0 Å². The van der Waals surface area contributed by atoms with E-state index in [9.17, 15) is 41.9 Å². The molecular formula is C75H120ClF3N12O13. The van der Waals surface area contributed by atoms with Crippen LogP contribution in [0.15, 0.2) is 12.2 Å². The zero-order valence-electron chi connectivity index (χ0n) is 63.9. The third-order valence-electron chi connectivity index (χ3n) is 24.0. The molecule has 4 aliphatic carbocycles. The minimum absolute atomic E-state index is 0.00224. The molecule has 2 bridgehead atoms. The standard InChI is InChI=1S/C75H120ClF3N12O13/c1-14-24-55-65(95)81-63(47(6)15-2)71(101)85(9)45-62(94)87(11)56-27-19-18-22-38-90(70(56)100)59(40-49-30-28-46(5)29-31-49)69(99)84(8)44-60(92)80-54(35-33-48-32-34-52(53(76)39-48)75(77,78)79)67(97)91-43-51(104-17-4)41-57(91)66(96)82-74(36-23-37-74)73(103)89(13)64(50-25-20-21-26-50)72(102)88(12)58(42-61(93)86(55)10)68(98)83(7)16-3/h18-19,46-59,63-64H,14-17,20-45H2,1-13H3,(H,80,92)(H,81,95)(H,82,96)/b19-18-/t46?,47-,48?,49?,51+,52?,53?,54-,55-,56-,57-,58-,59-,63-,64-/m0/s1. The molecule has 12 amide bonds. The minimum Gasteiger partial charge on any atom is -0.377 e. The van der Waals surface area contributed by atoms with Crippen molar-refractivity contribution in [2.24, 2.45) is 35.5 Å². The SMILES string of the molecule is CCC[C@H]1C(=O)N[C@@H]([C@@H](C)CC)C(=O)N(C)CC(=O)N(C)[C@H]2C/C=C\CCN(C2=O)[C@@H](CC2CCC(C)CC2)C(=O)N(C)CC(=O)N[C@@H](CCC2CCC(C(F)(F)F)C(Cl)C2)C(=O)N2C[C@H](OCC)C[C@H]2C(=O)NC2(CCC2)C(=O)N(C)[C@@H](C2CCCC2)C(=O)N(C)[C@H](C(=O)N(C)CC)CC(=O)N1C. The van der Waals surface area contributed by atoms with E-state index < -0.39 is 186 Å². The quantitative estimate of drug-likeness (QED) is 0.128. The smallest absolute Gasteiger partial charge is 0.377 e. The number of rotatable bonds is 14. The van der Waals surface area contributed by atoms with Crippen LogP contribution in [0.4, 0.5) is 13.2 Å². The molecular weight excluding hydrogens is 1370 g/mol. The Morgan fingerprint density at radius 2 is 1.34 bits per heavy atom. The third-order valence-corrected chi connectivity index (χ3v) is 24.5. The number of halogens is 4. The van der Waals surface area contributed by atoms with Crippen LogP contribution < -0.4 is 16.0 Å². The number of hydrogen-bond donors (Lipinski definition) is 3. The summed E-state index contributed by atoms with van der Waals surface area (Å²) in [7, 11) is 10.1. The first-order valence-electron chi connectivity index (χ1n) is 38.4. The molecule has 3 unspecified atom stereocenters. The van der Waals surface area contributed by atoms with Crippen LogP contribution in [0, 0.1) is 35.5 Å². The maximum absolute atomic E-state index is 15.6. The van der Waals surface area contributed by atoms with Crippen molar-refractivity contribution in [3.8, 4) is 0 Å². The normalized spacial score (nSPS) is 31.8. The molecule has 0 aromatic carbocycles. The number of carbonyl (C=O) groups is 12. The van der Waals surface area contributed by atoms with Crippen LogP contribution in [0.1, 0.15) is 196 Å². The molecule has 7 rings (SSSR count). The second-order valence-electron chi connectivity index (χ2n) is 31.2. The largest absolute Gasteiger partial charge is 0.393 e. The Hall–Kier alpha value is -6.58. The van der Waals surface area contributed by atoms with Crippen molar-refractivity contribution >= 4 is 82.5 Å². The maximum atomic E-state index is 15.6. The number of nitrogens with zero attached hydrogens (tertiary/aromatic N) is 9. The Morgan fingerprint density at radius 1 is 0.683 bits per heavy atom. The second kappa shape index (κ2) is 37.8. The molecule has 586 valence electrons. The second-order valence-corrected chi connectivity index (χ2v) is 31.8. The molecule has 0 radical (unpaired) electrons. The average molecular weight is 1490 g/mol. The predicted octanol–water partition coefficient (Wildman–Crippen LogP) is 6.27. The summed E-state index contributed by atoms with van der Waals surface area (Å²) in [5.74, 6) is -10.3. The van der Waals surface area contributed by atoms with Gasteiger partial charge < -0.3 is 64.8 Å². The minimum atomic E-state index is -4.53. The zero-order chi connectivity index (χ0) is 76.8. The van der Waals surface area contributed by atoms with Crippen LogP contribution in [0.3, 0.4) is 0 Å². The Balaban J connectivity index is 1.31. The number of hydrogen-bond acceptors (Lipinski definition) is 13. The van der Waals surface area contributed by atoms with E-state index in [0.29, 0.717) is 44.4 Å². The van der Waals surface area contributed by atoms with E-state index >= 15 is 28.8 Å². The summed E-state index contributed by atoms with van der Waals surface area (Å²) in [5.41, 5.74) is -1.58. The molecule has 3 heterocycles. The molecule has 4 saturated carbocycles. The van der Waals surface area contributed by atoms with Crippen LogP contribution >= 0.6 is 11.6 Å². The molecule has 0 aromatic heterocycles. The fourth-order valence-electron chi connectivity index (χ4n) is 16.8. The van der Waals surface area contributed by atoms with Gasteiger partial charge in [-0.05, 0) is 133 Å². The van der Waals surface area contributed by atoms with Gasteiger partial charge in [-0.1, -0.05) is 91.2 Å². The first kappa shape index (κ1) is 84.7. The molecule has 104 heavy (non-hydrogen) atoms. The Bertz CT molecular complexity index is 3070. The summed E-state index contributed by atoms with van der Waals surface area (Å²) in [4.78, 5) is 193. The first-order chi connectivity index (χ1) is 49.1. The van der Waals surface area contributed by atoms with Gasteiger partial charge in [-0.3, -0.25) is 57.5 Å². The lowest BCUT2D eigenvalue weighted by Gasteiger charge is -2.46. The summed E-state index contributed by atoms with van der Waals surface area (Å²) in [6, 6.07) is -10.0. The van der Waals surface area contributed by atoms with Gasteiger partial charge in [-0.15, -0.1) is 11.6 Å². The predicted molar refractivity (Wildman–Crippen MR) is 385 cm³/mol. The lowest BCUT2D eigenvalue weighted by molar-refractivity contribution is -0.182. The summed E-state index contributed by atoms with van der Waals surface area (Å²) in [6.07, 6.45) is 5.95. The van der Waals surface area contributed by atoms with E-state index in [-0.39, 0.29) is 103 Å². The highest BCUT2D eigenvalue weighted by atomic mass is 35.5.